The third-order valence-corrected chi connectivity index (χ3v) is 6.12. The first-order chi connectivity index (χ1) is 15.5. The topological polar surface area (TPSA) is 58.6 Å². The molecule has 1 saturated heterocycles. The van der Waals surface area contributed by atoms with Crippen LogP contribution >= 0.6 is 11.6 Å². The predicted molar refractivity (Wildman–Crippen MR) is 125 cm³/mol. The molecule has 0 spiro atoms. The van der Waals surface area contributed by atoms with E-state index in [1.165, 1.54) is 0 Å². The molecule has 2 atom stereocenters. The summed E-state index contributed by atoms with van der Waals surface area (Å²) in [4.78, 5) is 28.1. The van der Waals surface area contributed by atoms with Gasteiger partial charge in [-0.25, -0.2) is 0 Å². The Hall–Kier alpha value is -3.31. The highest BCUT2D eigenvalue weighted by molar-refractivity contribution is 6.30. The number of carbonyl (C=O) groups excluding carboxylic acids is 2. The number of hydrogen-bond donors (Lipinski definition) is 1. The van der Waals surface area contributed by atoms with E-state index in [4.69, 9.17) is 16.3 Å². The standard InChI is InChI=1S/C26H25ClN2O3/c1-32-22-9-5-8-20(14-22)23-16-29(26(31)19-10-12-21(27)13-11-19)17-24(23)25(30)28-15-18-6-3-2-4-7-18/h2-14,23-24H,15-17H2,1H3,(H,28,30)/t23-,24+/m1/s1. The van der Waals surface area contributed by atoms with E-state index in [9.17, 15) is 9.59 Å². The fraction of sp³-hybridized carbons (Fsp3) is 0.231. The minimum atomic E-state index is -0.359. The van der Waals surface area contributed by atoms with Crippen LogP contribution in [0.25, 0.3) is 0 Å². The van der Waals surface area contributed by atoms with Crippen molar-refractivity contribution in [3.05, 3.63) is 101 Å². The average Bonchev–Trinajstić information content (AvgIpc) is 3.29. The van der Waals surface area contributed by atoms with Gasteiger partial charge in [-0.15, -0.1) is 0 Å². The van der Waals surface area contributed by atoms with E-state index in [1.54, 1.807) is 36.3 Å². The van der Waals surface area contributed by atoms with Crippen molar-refractivity contribution in [2.45, 2.75) is 12.5 Å². The van der Waals surface area contributed by atoms with Crippen LogP contribution in [-0.4, -0.2) is 36.9 Å². The third-order valence-electron chi connectivity index (χ3n) is 5.87. The molecule has 1 N–H and O–H groups in total. The van der Waals surface area contributed by atoms with E-state index < -0.39 is 0 Å². The lowest BCUT2D eigenvalue weighted by Gasteiger charge is -2.18. The SMILES string of the molecule is COc1cccc([C@H]2CN(C(=O)c3ccc(Cl)cc3)C[C@@H]2C(=O)NCc2ccccc2)c1. The molecule has 1 aliphatic heterocycles. The largest absolute Gasteiger partial charge is 0.497 e. The van der Waals surface area contributed by atoms with Gasteiger partial charge in [0.1, 0.15) is 5.75 Å². The third kappa shape index (κ3) is 4.94. The van der Waals surface area contributed by atoms with Crippen molar-refractivity contribution in [1.82, 2.24) is 10.2 Å². The minimum Gasteiger partial charge on any atom is -0.497 e. The number of nitrogens with one attached hydrogen (secondary N) is 1. The van der Waals surface area contributed by atoms with E-state index in [0.29, 0.717) is 30.2 Å². The van der Waals surface area contributed by atoms with Crippen molar-refractivity contribution in [3.8, 4) is 5.75 Å². The number of nitrogens with zero attached hydrogens (tertiary/aromatic N) is 1. The average molecular weight is 449 g/mol. The molecule has 6 heteroatoms. The monoisotopic (exact) mass is 448 g/mol. The van der Waals surface area contributed by atoms with Crippen LogP contribution in [-0.2, 0) is 11.3 Å². The van der Waals surface area contributed by atoms with Crippen LogP contribution in [0.15, 0.2) is 78.9 Å². The smallest absolute Gasteiger partial charge is 0.253 e. The second kappa shape index (κ2) is 9.88. The second-order valence-electron chi connectivity index (χ2n) is 7.91. The maximum Gasteiger partial charge on any atom is 0.253 e. The van der Waals surface area contributed by atoms with Gasteiger partial charge >= 0.3 is 0 Å². The molecule has 1 aliphatic rings. The van der Waals surface area contributed by atoms with Gasteiger partial charge in [0.25, 0.3) is 5.91 Å². The maximum atomic E-state index is 13.2. The Bertz CT molecular complexity index is 1090. The highest BCUT2D eigenvalue weighted by Gasteiger charge is 2.40. The first-order valence-electron chi connectivity index (χ1n) is 10.6. The summed E-state index contributed by atoms with van der Waals surface area (Å²) in [6.45, 7) is 1.26. The van der Waals surface area contributed by atoms with Crippen molar-refractivity contribution in [1.29, 1.82) is 0 Å². The van der Waals surface area contributed by atoms with Gasteiger partial charge in [-0.1, -0.05) is 54.1 Å². The van der Waals surface area contributed by atoms with E-state index in [-0.39, 0.29) is 23.7 Å². The lowest BCUT2D eigenvalue weighted by Crippen LogP contribution is -2.35. The van der Waals surface area contributed by atoms with Crippen LogP contribution < -0.4 is 10.1 Å². The molecule has 164 valence electrons. The normalized spacial score (nSPS) is 17.8. The summed E-state index contributed by atoms with van der Waals surface area (Å²) in [5.41, 5.74) is 2.57. The highest BCUT2D eigenvalue weighted by Crippen LogP contribution is 2.35. The number of amides is 2. The van der Waals surface area contributed by atoms with Gasteiger partial charge in [-0.05, 0) is 47.5 Å². The van der Waals surface area contributed by atoms with Gasteiger partial charge in [0.15, 0.2) is 0 Å². The lowest BCUT2D eigenvalue weighted by atomic mass is 9.88. The van der Waals surface area contributed by atoms with Crippen LogP contribution in [0.3, 0.4) is 0 Å². The van der Waals surface area contributed by atoms with Crippen LogP contribution in [0.1, 0.15) is 27.4 Å². The van der Waals surface area contributed by atoms with E-state index in [0.717, 1.165) is 16.9 Å². The van der Waals surface area contributed by atoms with Crippen molar-refractivity contribution in [2.75, 3.05) is 20.2 Å². The zero-order valence-electron chi connectivity index (χ0n) is 17.8. The summed E-state index contributed by atoms with van der Waals surface area (Å²) in [5.74, 6) is 0.0774. The Morgan fingerprint density at radius 2 is 1.75 bits per heavy atom. The number of rotatable bonds is 6. The van der Waals surface area contributed by atoms with E-state index >= 15 is 0 Å². The molecule has 0 aromatic heterocycles. The summed E-state index contributed by atoms with van der Waals surface area (Å²) < 4.78 is 5.38. The van der Waals surface area contributed by atoms with E-state index in [2.05, 4.69) is 5.32 Å². The summed E-state index contributed by atoms with van der Waals surface area (Å²) in [5, 5.41) is 3.63. The molecule has 32 heavy (non-hydrogen) atoms. The van der Waals surface area contributed by atoms with Crippen molar-refractivity contribution >= 4 is 23.4 Å². The molecule has 3 aromatic rings. The quantitative estimate of drug-likeness (QED) is 0.603. The molecule has 1 fully saturated rings. The summed E-state index contributed by atoms with van der Waals surface area (Å²) in [6.07, 6.45) is 0. The zero-order chi connectivity index (χ0) is 22.5. The van der Waals surface area contributed by atoms with Gasteiger partial charge in [0.2, 0.25) is 5.91 Å². The number of ether oxygens (including phenoxy) is 1. The number of benzene rings is 3. The summed E-state index contributed by atoms with van der Waals surface area (Å²) in [7, 11) is 1.62. The molecular weight excluding hydrogens is 424 g/mol. The molecule has 4 rings (SSSR count). The van der Waals surface area contributed by atoms with E-state index in [1.807, 2.05) is 54.6 Å². The zero-order valence-corrected chi connectivity index (χ0v) is 18.6. The first kappa shape index (κ1) is 21.9. The Balaban J connectivity index is 1.56. The second-order valence-corrected chi connectivity index (χ2v) is 8.35. The molecule has 0 aliphatic carbocycles. The molecule has 0 saturated carbocycles. The van der Waals surface area contributed by atoms with Crippen LogP contribution in [0.4, 0.5) is 0 Å². The lowest BCUT2D eigenvalue weighted by molar-refractivity contribution is -0.125. The molecule has 0 radical (unpaired) electrons. The van der Waals surface area contributed by atoms with Gasteiger partial charge in [-0.3, -0.25) is 9.59 Å². The number of likely N-dealkylation sites (tertiary alicyclic amines) is 1. The number of carbonyl (C=O) groups is 2. The Morgan fingerprint density at radius 3 is 2.47 bits per heavy atom. The molecule has 3 aromatic carbocycles. The molecular formula is C26H25ClN2O3. The van der Waals surface area contributed by atoms with Crippen molar-refractivity contribution < 1.29 is 14.3 Å². The molecule has 0 unspecified atom stereocenters. The Kier molecular flexibility index (Phi) is 6.76. The first-order valence-corrected chi connectivity index (χ1v) is 10.9. The van der Waals surface area contributed by atoms with Crippen molar-refractivity contribution in [2.24, 2.45) is 5.92 Å². The molecule has 1 heterocycles. The Labute approximate surface area is 193 Å². The fourth-order valence-corrected chi connectivity index (χ4v) is 4.26. The summed E-state index contributed by atoms with van der Waals surface area (Å²) >= 11 is 5.97. The number of hydrogen-bond acceptors (Lipinski definition) is 3. The summed E-state index contributed by atoms with van der Waals surface area (Å²) in [6, 6.07) is 24.4. The fourth-order valence-electron chi connectivity index (χ4n) is 4.14. The van der Waals surface area contributed by atoms with Gasteiger partial charge in [-0.2, -0.15) is 0 Å². The van der Waals surface area contributed by atoms with Gasteiger partial charge in [0, 0.05) is 36.1 Å². The van der Waals surface area contributed by atoms with Crippen LogP contribution in [0, 0.1) is 5.92 Å². The minimum absolute atomic E-state index is 0.0620. The van der Waals surface area contributed by atoms with Gasteiger partial charge < -0.3 is 15.0 Å². The Morgan fingerprint density at radius 1 is 1.00 bits per heavy atom. The van der Waals surface area contributed by atoms with Gasteiger partial charge in [0.05, 0.1) is 13.0 Å². The number of methoxy groups -OCH3 is 1. The molecule has 5 nitrogen and oxygen atoms in total. The molecule has 2 amide bonds. The van der Waals surface area contributed by atoms with Crippen molar-refractivity contribution in [3.63, 3.8) is 0 Å². The van der Waals surface area contributed by atoms with Crippen LogP contribution in [0.5, 0.6) is 5.75 Å². The maximum absolute atomic E-state index is 13.2. The van der Waals surface area contributed by atoms with Crippen LogP contribution in [0.2, 0.25) is 5.02 Å². The number of halogens is 1. The molecule has 0 bridgehead atoms. The predicted octanol–water partition coefficient (Wildman–Crippen LogP) is 4.52. The highest BCUT2D eigenvalue weighted by atomic mass is 35.5.